The summed E-state index contributed by atoms with van der Waals surface area (Å²) in [6, 6.07) is 2.61. The summed E-state index contributed by atoms with van der Waals surface area (Å²) in [5, 5.41) is 11.6. The molecule has 1 aromatic carbocycles. The van der Waals surface area contributed by atoms with Gasteiger partial charge in [-0.1, -0.05) is 42.8 Å². The van der Waals surface area contributed by atoms with Crippen LogP contribution in [0.25, 0.3) is 5.69 Å². The Labute approximate surface area is 161 Å². The van der Waals surface area contributed by atoms with Crippen LogP contribution in [-0.2, 0) is 12.4 Å². The van der Waals surface area contributed by atoms with E-state index in [0.717, 1.165) is 4.68 Å². The maximum Gasteiger partial charge on any atom is 0.436 e. The van der Waals surface area contributed by atoms with E-state index < -0.39 is 47.3 Å². The molecule has 0 spiro atoms. The van der Waals surface area contributed by atoms with Crippen molar-refractivity contribution in [3.8, 4) is 11.8 Å². The van der Waals surface area contributed by atoms with Crippen LogP contribution < -0.4 is 5.32 Å². The molecule has 0 saturated heterocycles. The van der Waals surface area contributed by atoms with E-state index in [1.165, 1.54) is 6.07 Å². The fourth-order valence-corrected chi connectivity index (χ4v) is 4.88. The highest BCUT2D eigenvalue weighted by Crippen LogP contribution is 2.38. The van der Waals surface area contributed by atoms with Gasteiger partial charge in [-0.2, -0.15) is 36.7 Å². The van der Waals surface area contributed by atoms with Crippen LogP contribution in [0.3, 0.4) is 0 Å². The van der Waals surface area contributed by atoms with E-state index >= 15 is 0 Å². The molecule has 146 valence electrons. The van der Waals surface area contributed by atoms with Gasteiger partial charge in [-0.25, -0.2) is 4.68 Å². The fraction of sp³-hybridized carbons (Fsp3) is 0.333. The number of aromatic nitrogens is 2. The van der Waals surface area contributed by atoms with Crippen molar-refractivity contribution in [3.63, 3.8) is 0 Å². The lowest BCUT2D eigenvalue weighted by atomic mass is 10.2. The molecule has 12 heteroatoms. The monoisotopic (exact) mass is 445 g/mol. The molecule has 0 aliphatic rings. The molecule has 0 atom stereocenters. The molecule has 0 aliphatic carbocycles. The second-order valence-electron chi connectivity index (χ2n) is 6.63. The molecule has 0 saturated carbocycles. The summed E-state index contributed by atoms with van der Waals surface area (Å²) >= 11 is 11.8. The summed E-state index contributed by atoms with van der Waals surface area (Å²) in [6.07, 6.45) is -9.68. The van der Waals surface area contributed by atoms with Gasteiger partial charge >= 0.3 is 12.4 Å². The van der Waals surface area contributed by atoms with Crippen LogP contribution in [-0.4, -0.2) is 17.9 Å². The average Bonchev–Trinajstić information content (AvgIpc) is 2.84. The van der Waals surface area contributed by atoms with Crippen LogP contribution in [0.1, 0.15) is 16.8 Å². The molecule has 1 heterocycles. The molecule has 0 fully saturated rings. The second kappa shape index (κ2) is 6.72. The van der Waals surface area contributed by atoms with Crippen molar-refractivity contribution in [3.05, 3.63) is 39.0 Å². The lowest BCUT2D eigenvalue weighted by molar-refractivity contribution is -0.141. The first-order chi connectivity index (χ1) is 12.1. The summed E-state index contributed by atoms with van der Waals surface area (Å²) < 4.78 is 79.4. The standard InChI is InChI=1S/C15H11Cl2F6N3Si/c1-27(2,3)13-8(6-24)12(15(21,22)23)25-26(13)11-9(16)4-7(5-10(11)17)14(18,19)20/h4-5H,1-3H3. The number of hydrogen-bond acceptors (Lipinski definition) is 2. The minimum atomic E-state index is -4.93. The van der Waals surface area contributed by atoms with Crippen molar-refractivity contribution in [1.82, 2.24) is 9.78 Å². The molecule has 1 aromatic heterocycles. The highest BCUT2D eigenvalue weighted by molar-refractivity contribution is 6.88. The molecule has 0 bridgehead atoms. The van der Waals surface area contributed by atoms with Crippen LogP contribution in [0, 0.1) is 11.3 Å². The van der Waals surface area contributed by atoms with E-state index in [4.69, 9.17) is 23.2 Å². The normalized spacial score (nSPS) is 13.0. The first kappa shape index (κ1) is 21.6. The molecule has 0 unspecified atom stereocenters. The van der Waals surface area contributed by atoms with E-state index in [0.29, 0.717) is 12.1 Å². The first-order valence-electron chi connectivity index (χ1n) is 7.26. The molecule has 27 heavy (non-hydrogen) atoms. The third kappa shape index (κ3) is 4.10. The summed E-state index contributed by atoms with van der Waals surface area (Å²) in [6.45, 7) is 4.98. The van der Waals surface area contributed by atoms with E-state index in [1.54, 1.807) is 19.6 Å². The Morgan fingerprint density at radius 1 is 1.00 bits per heavy atom. The molecule has 0 amide bonds. The Balaban J connectivity index is 2.92. The number of rotatable bonds is 2. The minimum Gasteiger partial charge on any atom is -0.237 e. The van der Waals surface area contributed by atoms with Crippen molar-refractivity contribution in [2.45, 2.75) is 32.0 Å². The van der Waals surface area contributed by atoms with Crippen LogP contribution in [0.2, 0.25) is 29.7 Å². The predicted molar refractivity (Wildman–Crippen MR) is 91.3 cm³/mol. The number of hydrogen-bond donors (Lipinski definition) is 0. The molecule has 0 aliphatic heterocycles. The fourth-order valence-electron chi connectivity index (χ4n) is 2.51. The van der Waals surface area contributed by atoms with Crippen LogP contribution >= 0.6 is 23.2 Å². The van der Waals surface area contributed by atoms with Gasteiger partial charge in [-0.05, 0) is 12.1 Å². The number of nitrogens with zero attached hydrogens (tertiary/aromatic N) is 3. The van der Waals surface area contributed by atoms with Crippen LogP contribution in [0.5, 0.6) is 0 Å². The van der Waals surface area contributed by atoms with Gasteiger partial charge in [0.15, 0.2) is 5.69 Å². The molecule has 0 radical (unpaired) electrons. The SMILES string of the molecule is C[Si](C)(C)c1c(C#N)c(C(F)(F)F)nn1-c1c(Cl)cc(C(F)(F)F)cc1Cl. The van der Waals surface area contributed by atoms with Crippen molar-refractivity contribution in [2.24, 2.45) is 0 Å². The number of nitriles is 1. The van der Waals surface area contributed by atoms with Gasteiger partial charge < -0.3 is 0 Å². The van der Waals surface area contributed by atoms with Gasteiger partial charge in [0.25, 0.3) is 0 Å². The average molecular weight is 446 g/mol. The maximum atomic E-state index is 13.3. The molecule has 3 nitrogen and oxygen atoms in total. The van der Waals surface area contributed by atoms with Crippen molar-refractivity contribution < 1.29 is 26.3 Å². The van der Waals surface area contributed by atoms with E-state index in [-0.39, 0.29) is 11.0 Å². The first-order valence-corrected chi connectivity index (χ1v) is 11.5. The zero-order valence-corrected chi connectivity index (χ0v) is 16.5. The van der Waals surface area contributed by atoms with Crippen LogP contribution in [0.15, 0.2) is 12.1 Å². The topological polar surface area (TPSA) is 41.6 Å². The van der Waals surface area contributed by atoms with Gasteiger partial charge in [0, 0.05) is 5.32 Å². The number of benzene rings is 1. The largest absolute Gasteiger partial charge is 0.436 e. The highest BCUT2D eigenvalue weighted by Gasteiger charge is 2.43. The van der Waals surface area contributed by atoms with E-state index in [2.05, 4.69) is 5.10 Å². The second-order valence-corrected chi connectivity index (χ2v) is 12.4. The van der Waals surface area contributed by atoms with Crippen LogP contribution in [0.4, 0.5) is 26.3 Å². The Morgan fingerprint density at radius 3 is 1.81 bits per heavy atom. The summed E-state index contributed by atoms with van der Waals surface area (Å²) in [5.74, 6) is 0. The maximum absolute atomic E-state index is 13.3. The minimum absolute atomic E-state index is 0.0408. The van der Waals surface area contributed by atoms with Gasteiger partial charge in [-0.3, -0.25) is 0 Å². The van der Waals surface area contributed by atoms with Gasteiger partial charge in [0.05, 0.1) is 15.6 Å². The zero-order chi connectivity index (χ0) is 20.9. The van der Waals surface area contributed by atoms with Crippen molar-refractivity contribution in [1.29, 1.82) is 5.26 Å². The highest BCUT2D eigenvalue weighted by atomic mass is 35.5. The molecule has 2 aromatic rings. The van der Waals surface area contributed by atoms with Gasteiger partial charge in [-0.15, -0.1) is 0 Å². The molecular formula is C15H11Cl2F6N3Si. The third-order valence-electron chi connectivity index (χ3n) is 3.53. The summed E-state index contributed by atoms with van der Waals surface area (Å²) in [7, 11) is -2.64. The zero-order valence-electron chi connectivity index (χ0n) is 14.0. The van der Waals surface area contributed by atoms with E-state index in [9.17, 15) is 31.6 Å². The van der Waals surface area contributed by atoms with Crippen molar-refractivity contribution >= 4 is 36.6 Å². The van der Waals surface area contributed by atoms with Crippen molar-refractivity contribution in [2.75, 3.05) is 0 Å². The summed E-state index contributed by atoms with van der Waals surface area (Å²) in [4.78, 5) is 0. The number of halogens is 8. The smallest absolute Gasteiger partial charge is 0.237 e. The van der Waals surface area contributed by atoms with Gasteiger partial charge in [0.1, 0.15) is 25.4 Å². The van der Waals surface area contributed by atoms with E-state index in [1.807, 2.05) is 0 Å². The quantitative estimate of drug-likeness (QED) is 0.443. The predicted octanol–water partition coefficient (Wildman–Crippen LogP) is 5.63. The molecule has 2 rings (SSSR count). The lowest BCUT2D eigenvalue weighted by Crippen LogP contribution is -2.44. The Hall–Kier alpha value is -1.70. The summed E-state index contributed by atoms with van der Waals surface area (Å²) in [5.41, 5.74) is -3.61. The van der Waals surface area contributed by atoms with Gasteiger partial charge in [0.2, 0.25) is 0 Å². The molecule has 0 N–H and O–H groups in total. The number of alkyl halides is 6. The third-order valence-corrected chi connectivity index (χ3v) is 5.99. The Morgan fingerprint density at radius 2 is 1.48 bits per heavy atom. The lowest BCUT2D eigenvalue weighted by Gasteiger charge is -2.21. The molecular weight excluding hydrogens is 435 g/mol. The Bertz CT molecular complexity index is 912. The Kier molecular flexibility index (Phi) is 5.38.